The quantitative estimate of drug-likeness (QED) is 0.487. The van der Waals surface area contributed by atoms with E-state index >= 15 is 0 Å². The summed E-state index contributed by atoms with van der Waals surface area (Å²) in [5.41, 5.74) is 2.60. The molecule has 4 rings (SSSR count). The summed E-state index contributed by atoms with van der Waals surface area (Å²) in [5, 5.41) is 24.1. The molecule has 5 heteroatoms. The second kappa shape index (κ2) is 6.42. The van der Waals surface area contributed by atoms with E-state index in [2.05, 4.69) is 15.5 Å². The van der Waals surface area contributed by atoms with Crippen molar-refractivity contribution in [2.24, 2.45) is 0 Å². The fourth-order valence-electron chi connectivity index (χ4n) is 2.70. The highest BCUT2D eigenvalue weighted by atomic mass is 35.5. The summed E-state index contributed by atoms with van der Waals surface area (Å²) in [4.78, 5) is 0. The van der Waals surface area contributed by atoms with Crippen molar-refractivity contribution in [2.75, 3.05) is 5.32 Å². The number of nitrogens with zero attached hydrogens (tertiary/aromatic N) is 2. The van der Waals surface area contributed by atoms with Gasteiger partial charge in [0, 0.05) is 27.0 Å². The number of benzene rings is 3. The molecule has 0 atom stereocenters. The average Bonchev–Trinajstić information content (AvgIpc) is 2.65. The lowest BCUT2D eigenvalue weighted by Crippen LogP contribution is -1.99. The molecule has 122 valence electrons. The summed E-state index contributed by atoms with van der Waals surface area (Å²) >= 11 is 5.98. The lowest BCUT2D eigenvalue weighted by atomic mass is 10.0. The predicted molar refractivity (Wildman–Crippen MR) is 101 cm³/mol. The van der Waals surface area contributed by atoms with Gasteiger partial charge in [-0.25, -0.2) is 0 Å². The first-order valence-corrected chi connectivity index (χ1v) is 8.16. The Labute approximate surface area is 149 Å². The van der Waals surface area contributed by atoms with E-state index < -0.39 is 0 Å². The van der Waals surface area contributed by atoms with E-state index in [4.69, 9.17) is 11.6 Å². The maximum atomic E-state index is 9.41. The Morgan fingerprint density at radius 2 is 1.44 bits per heavy atom. The van der Waals surface area contributed by atoms with Crippen LogP contribution in [0.25, 0.3) is 22.0 Å². The van der Waals surface area contributed by atoms with Gasteiger partial charge in [0.15, 0.2) is 5.82 Å². The van der Waals surface area contributed by atoms with E-state index in [-0.39, 0.29) is 5.75 Å². The van der Waals surface area contributed by atoms with Crippen LogP contribution in [0.4, 0.5) is 11.5 Å². The molecule has 1 heterocycles. The minimum Gasteiger partial charge on any atom is -0.508 e. The maximum absolute atomic E-state index is 9.41. The van der Waals surface area contributed by atoms with E-state index in [1.54, 1.807) is 24.3 Å². The number of hydrogen-bond acceptors (Lipinski definition) is 4. The third-order valence-electron chi connectivity index (χ3n) is 3.94. The van der Waals surface area contributed by atoms with Crippen LogP contribution in [0.15, 0.2) is 72.8 Å². The fourth-order valence-corrected chi connectivity index (χ4v) is 2.82. The first-order chi connectivity index (χ1) is 12.2. The van der Waals surface area contributed by atoms with E-state index in [9.17, 15) is 5.11 Å². The number of hydrogen-bond donors (Lipinski definition) is 2. The first-order valence-electron chi connectivity index (χ1n) is 7.78. The molecule has 0 aliphatic heterocycles. The molecule has 4 nitrogen and oxygen atoms in total. The van der Waals surface area contributed by atoms with Gasteiger partial charge in [0.2, 0.25) is 0 Å². The number of phenolic OH excluding ortho intramolecular Hbond substituents is 1. The van der Waals surface area contributed by atoms with Crippen LogP contribution in [-0.2, 0) is 0 Å². The van der Waals surface area contributed by atoms with Crippen LogP contribution in [0.3, 0.4) is 0 Å². The van der Waals surface area contributed by atoms with E-state index in [1.807, 2.05) is 48.5 Å². The predicted octanol–water partition coefficient (Wildman–Crippen LogP) is 5.40. The van der Waals surface area contributed by atoms with Gasteiger partial charge in [-0.15, -0.1) is 10.2 Å². The van der Waals surface area contributed by atoms with E-state index in [1.165, 1.54) is 0 Å². The van der Waals surface area contributed by atoms with Crippen molar-refractivity contribution in [1.82, 2.24) is 10.2 Å². The van der Waals surface area contributed by atoms with Crippen LogP contribution in [0.1, 0.15) is 0 Å². The molecule has 0 amide bonds. The van der Waals surface area contributed by atoms with Gasteiger partial charge in [-0.1, -0.05) is 48.0 Å². The van der Waals surface area contributed by atoms with Gasteiger partial charge >= 0.3 is 0 Å². The molecule has 0 saturated carbocycles. The zero-order valence-electron chi connectivity index (χ0n) is 13.1. The highest BCUT2D eigenvalue weighted by Crippen LogP contribution is 2.31. The Hall–Kier alpha value is -3.11. The SMILES string of the molecule is Oc1ccc(Nc2nnc(-c3ccc(Cl)cc3)c3ccccc23)cc1. The second-order valence-corrected chi connectivity index (χ2v) is 6.06. The van der Waals surface area contributed by atoms with Crippen molar-refractivity contribution in [3.8, 4) is 17.0 Å². The smallest absolute Gasteiger partial charge is 0.161 e. The zero-order valence-corrected chi connectivity index (χ0v) is 13.9. The monoisotopic (exact) mass is 347 g/mol. The average molecular weight is 348 g/mol. The third kappa shape index (κ3) is 3.12. The highest BCUT2D eigenvalue weighted by Gasteiger charge is 2.11. The fraction of sp³-hybridized carbons (Fsp3) is 0. The number of fused-ring (bicyclic) bond motifs is 1. The van der Waals surface area contributed by atoms with Gasteiger partial charge < -0.3 is 10.4 Å². The standard InChI is InChI=1S/C20H14ClN3O/c21-14-7-5-13(6-8-14)19-17-3-1-2-4-18(17)20(24-23-19)22-15-9-11-16(25)12-10-15/h1-12,25H,(H,22,24). The molecule has 0 aliphatic rings. The Morgan fingerprint density at radius 1 is 0.760 bits per heavy atom. The summed E-state index contributed by atoms with van der Waals surface area (Å²) in [6, 6.07) is 22.4. The number of rotatable bonds is 3. The van der Waals surface area contributed by atoms with Gasteiger partial charge in [0.25, 0.3) is 0 Å². The first kappa shape index (κ1) is 15.4. The molecule has 0 bridgehead atoms. The zero-order chi connectivity index (χ0) is 17.2. The highest BCUT2D eigenvalue weighted by molar-refractivity contribution is 6.30. The molecule has 0 fully saturated rings. The Morgan fingerprint density at radius 3 is 2.16 bits per heavy atom. The molecule has 0 unspecified atom stereocenters. The van der Waals surface area contributed by atoms with Gasteiger partial charge in [-0.2, -0.15) is 0 Å². The number of anilines is 2. The lowest BCUT2D eigenvalue weighted by molar-refractivity contribution is 0.475. The van der Waals surface area contributed by atoms with E-state index in [0.29, 0.717) is 10.8 Å². The van der Waals surface area contributed by atoms with Gasteiger partial charge in [0.05, 0.1) is 0 Å². The van der Waals surface area contributed by atoms with Crippen molar-refractivity contribution in [3.63, 3.8) is 0 Å². The topological polar surface area (TPSA) is 58.0 Å². The van der Waals surface area contributed by atoms with Crippen LogP contribution in [0.5, 0.6) is 5.75 Å². The number of halogens is 1. The molecule has 0 saturated heterocycles. The molecule has 2 N–H and O–H groups in total. The van der Waals surface area contributed by atoms with Crippen LogP contribution in [0, 0.1) is 0 Å². The molecule has 4 aromatic rings. The van der Waals surface area contributed by atoms with Gasteiger partial charge in [0.1, 0.15) is 11.4 Å². The van der Waals surface area contributed by atoms with E-state index in [0.717, 1.165) is 27.7 Å². The molecular formula is C20H14ClN3O. The summed E-state index contributed by atoms with van der Waals surface area (Å²) in [7, 11) is 0. The number of phenols is 1. The lowest BCUT2D eigenvalue weighted by Gasteiger charge is -2.11. The molecule has 0 radical (unpaired) electrons. The van der Waals surface area contributed by atoms with Crippen molar-refractivity contribution >= 4 is 33.9 Å². The van der Waals surface area contributed by atoms with Gasteiger partial charge in [-0.3, -0.25) is 0 Å². The summed E-state index contributed by atoms with van der Waals surface area (Å²) in [6.07, 6.45) is 0. The Kier molecular flexibility index (Phi) is 3.96. The third-order valence-corrected chi connectivity index (χ3v) is 4.19. The number of aromatic nitrogens is 2. The van der Waals surface area contributed by atoms with Crippen LogP contribution in [0.2, 0.25) is 5.02 Å². The minimum atomic E-state index is 0.222. The molecule has 0 aliphatic carbocycles. The summed E-state index contributed by atoms with van der Waals surface area (Å²) in [6.45, 7) is 0. The molecule has 3 aromatic carbocycles. The molecule has 1 aromatic heterocycles. The maximum Gasteiger partial charge on any atom is 0.161 e. The second-order valence-electron chi connectivity index (χ2n) is 5.62. The van der Waals surface area contributed by atoms with Crippen LogP contribution >= 0.6 is 11.6 Å². The van der Waals surface area contributed by atoms with Gasteiger partial charge in [-0.05, 0) is 36.4 Å². The Bertz CT molecular complexity index is 1030. The molecule has 25 heavy (non-hydrogen) atoms. The van der Waals surface area contributed by atoms with Crippen molar-refractivity contribution in [2.45, 2.75) is 0 Å². The summed E-state index contributed by atoms with van der Waals surface area (Å²) < 4.78 is 0. The van der Waals surface area contributed by atoms with Crippen molar-refractivity contribution in [1.29, 1.82) is 0 Å². The van der Waals surface area contributed by atoms with Crippen molar-refractivity contribution in [3.05, 3.63) is 77.8 Å². The normalized spacial score (nSPS) is 10.8. The minimum absolute atomic E-state index is 0.222. The molecular weight excluding hydrogens is 334 g/mol. The largest absolute Gasteiger partial charge is 0.508 e. The summed E-state index contributed by atoms with van der Waals surface area (Å²) in [5.74, 6) is 0.888. The van der Waals surface area contributed by atoms with Crippen LogP contribution < -0.4 is 5.32 Å². The van der Waals surface area contributed by atoms with Crippen molar-refractivity contribution < 1.29 is 5.11 Å². The number of nitrogens with one attached hydrogen (secondary N) is 1. The molecule has 0 spiro atoms. The Balaban J connectivity index is 1.81. The number of aromatic hydroxyl groups is 1. The van der Waals surface area contributed by atoms with Crippen LogP contribution in [-0.4, -0.2) is 15.3 Å².